The van der Waals surface area contributed by atoms with Crippen LogP contribution in [-0.4, -0.2) is 22.4 Å². The number of fused-ring (bicyclic) bond motifs is 3. The maximum Gasteiger partial charge on any atom is 0.0675 e. The topological polar surface area (TPSA) is 40.5 Å². The lowest BCUT2D eigenvalue weighted by atomic mass is 9.38. The Labute approximate surface area is 136 Å². The van der Waals surface area contributed by atoms with Crippen molar-refractivity contribution < 1.29 is 10.2 Å². The van der Waals surface area contributed by atoms with Crippen molar-refractivity contribution in [1.82, 2.24) is 0 Å². The van der Waals surface area contributed by atoms with Crippen LogP contribution in [0, 0.1) is 34.0 Å². The molecule has 3 rings (SSSR count). The molecule has 0 radical (unpaired) electrons. The second-order valence-corrected chi connectivity index (χ2v) is 10.1. The van der Waals surface area contributed by atoms with E-state index in [-0.39, 0.29) is 17.9 Å². The normalized spacial score (nSPS) is 54.4. The van der Waals surface area contributed by atoms with E-state index in [0.717, 1.165) is 18.8 Å². The van der Waals surface area contributed by atoms with Crippen LogP contribution in [0.3, 0.4) is 0 Å². The van der Waals surface area contributed by atoms with Gasteiger partial charge in [-0.3, -0.25) is 0 Å². The first-order chi connectivity index (χ1) is 10.1. The molecule has 6 atom stereocenters. The van der Waals surface area contributed by atoms with Gasteiger partial charge < -0.3 is 10.2 Å². The average Bonchev–Trinajstić information content (AvgIpc) is 2.35. The molecule has 0 saturated heterocycles. The van der Waals surface area contributed by atoms with E-state index < -0.39 is 5.60 Å². The van der Waals surface area contributed by atoms with Crippen molar-refractivity contribution in [2.75, 3.05) is 6.61 Å². The second-order valence-electron chi connectivity index (χ2n) is 10.1. The Bertz CT molecular complexity index is 425. The predicted octanol–water partition coefficient (Wildman–Crippen LogP) is 4.39. The fourth-order valence-electron chi connectivity index (χ4n) is 7.49. The zero-order valence-electron chi connectivity index (χ0n) is 15.3. The highest BCUT2D eigenvalue weighted by atomic mass is 16.3. The van der Waals surface area contributed by atoms with Gasteiger partial charge in [-0.2, -0.15) is 0 Å². The monoisotopic (exact) mass is 308 g/mol. The number of aliphatic hydroxyl groups is 2. The standard InChI is InChI=1S/C20H36O2/c1-17(2)9-6-10-18(3)14(17)7-11-19(4)15(18)8-12-20(5,22)16(19)13-21/h14-16,21-22H,6-13H2,1-5H3/t14-,15+,16-,18-,19+,20-/m0/s1. The van der Waals surface area contributed by atoms with Crippen LogP contribution >= 0.6 is 0 Å². The maximum absolute atomic E-state index is 10.9. The lowest BCUT2D eigenvalue weighted by molar-refractivity contribution is -0.217. The molecule has 3 fully saturated rings. The molecule has 0 aliphatic heterocycles. The molecule has 0 bridgehead atoms. The summed E-state index contributed by atoms with van der Waals surface area (Å²) < 4.78 is 0. The Hall–Kier alpha value is -0.0800. The van der Waals surface area contributed by atoms with Crippen molar-refractivity contribution in [2.45, 2.75) is 85.2 Å². The van der Waals surface area contributed by atoms with Gasteiger partial charge in [0, 0.05) is 12.5 Å². The zero-order chi connectivity index (χ0) is 16.4. The van der Waals surface area contributed by atoms with Gasteiger partial charge in [0.05, 0.1) is 5.60 Å². The third-order valence-corrected chi connectivity index (χ3v) is 8.51. The molecule has 3 aliphatic rings. The highest BCUT2D eigenvalue weighted by Crippen LogP contribution is 2.69. The smallest absolute Gasteiger partial charge is 0.0675 e. The van der Waals surface area contributed by atoms with Gasteiger partial charge >= 0.3 is 0 Å². The highest BCUT2D eigenvalue weighted by Gasteiger charge is 2.63. The van der Waals surface area contributed by atoms with Gasteiger partial charge in [0.15, 0.2) is 0 Å². The molecular formula is C20H36O2. The van der Waals surface area contributed by atoms with Crippen LogP contribution in [-0.2, 0) is 0 Å². The lowest BCUT2D eigenvalue weighted by Crippen LogP contribution is -2.63. The first-order valence-corrected chi connectivity index (χ1v) is 9.41. The van der Waals surface area contributed by atoms with Crippen LogP contribution in [0.25, 0.3) is 0 Å². The molecule has 2 N–H and O–H groups in total. The van der Waals surface area contributed by atoms with Gasteiger partial charge in [-0.05, 0) is 73.5 Å². The van der Waals surface area contributed by atoms with Crippen molar-refractivity contribution in [3.8, 4) is 0 Å². The minimum absolute atomic E-state index is 0.0292. The predicted molar refractivity (Wildman–Crippen MR) is 90.5 cm³/mol. The van der Waals surface area contributed by atoms with Crippen LogP contribution in [0.1, 0.15) is 79.6 Å². The van der Waals surface area contributed by atoms with Gasteiger partial charge in [-0.15, -0.1) is 0 Å². The summed E-state index contributed by atoms with van der Waals surface area (Å²) in [7, 11) is 0. The van der Waals surface area contributed by atoms with Gasteiger partial charge in [0.1, 0.15) is 0 Å². The molecule has 3 saturated carbocycles. The molecule has 0 heterocycles. The van der Waals surface area contributed by atoms with Crippen LogP contribution < -0.4 is 0 Å². The molecule has 0 amide bonds. The van der Waals surface area contributed by atoms with E-state index in [1.807, 2.05) is 6.92 Å². The summed E-state index contributed by atoms with van der Waals surface area (Å²) >= 11 is 0. The first-order valence-electron chi connectivity index (χ1n) is 9.41. The summed E-state index contributed by atoms with van der Waals surface area (Å²) in [6.45, 7) is 11.9. The zero-order valence-corrected chi connectivity index (χ0v) is 15.3. The van der Waals surface area contributed by atoms with E-state index in [2.05, 4.69) is 27.7 Å². The SMILES string of the molecule is CC1(C)CCC[C@]2(C)[C@H]3CC[C@](C)(O)[C@@H](CO)[C@]3(C)CC[C@@H]12. The van der Waals surface area contributed by atoms with Crippen molar-refractivity contribution in [3.63, 3.8) is 0 Å². The molecule has 0 spiro atoms. The fourth-order valence-corrected chi connectivity index (χ4v) is 7.49. The Morgan fingerprint density at radius 2 is 1.45 bits per heavy atom. The van der Waals surface area contributed by atoms with Crippen molar-refractivity contribution in [1.29, 1.82) is 0 Å². The molecule has 0 aromatic heterocycles. The van der Waals surface area contributed by atoms with E-state index >= 15 is 0 Å². The average molecular weight is 309 g/mol. The highest BCUT2D eigenvalue weighted by molar-refractivity contribution is 5.12. The van der Waals surface area contributed by atoms with Gasteiger partial charge in [-0.25, -0.2) is 0 Å². The summed E-state index contributed by atoms with van der Waals surface area (Å²) in [5.41, 5.74) is 0.226. The van der Waals surface area contributed by atoms with Crippen LogP contribution in [0.2, 0.25) is 0 Å². The molecular weight excluding hydrogens is 272 g/mol. The van der Waals surface area contributed by atoms with Crippen molar-refractivity contribution in [2.24, 2.45) is 34.0 Å². The molecule has 2 nitrogen and oxygen atoms in total. The van der Waals surface area contributed by atoms with Crippen molar-refractivity contribution in [3.05, 3.63) is 0 Å². The summed E-state index contributed by atoms with van der Waals surface area (Å²) in [5.74, 6) is 1.48. The Morgan fingerprint density at radius 3 is 2.09 bits per heavy atom. The number of hydrogen-bond donors (Lipinski definition) is 2. The molecule has 0 aromatic rings. The summed E-state index contributed by atoms with van der Waals surface area (Å²) in [6.07, 6.45) is 8.45. The van der Waals surface area contributed by atoms with Crippen molar-refractivity contribution >= 4 is 0 Å². The van der Waals surface area contributed by atoms with E-state index in [0.29, 0.717) is 16.7 Å². The van der Waals surface area contributed by atoms with Crippen LogP contribution in [0.15, 0.2) is 0 Å². The summed E-state index contributed by atoms with van der Waals surface area (Å²) in [5, 5.41) is 20.9. The molecule has 2 heteroatoms. The van der Waals surface area contributed by atoms with E-state index in [1.54, 1.807) is 0 Å². The Kier molecular flexibility index (Phi) is 3.78. The quantitative estimate of drug-likeness (QED) is 0.754. The summed E-state index contributed by atoms with van der Waals surface area (Å²) in [4.78, 5) is 0. The Balaban J connectivity index is 2.01. The molecule has 0 unspecified atom stereocenters. The molecule has 22 heavy (non-hydrogen) atoms. The number of rotatable bonds is 1. The lowest BCUT2D eigenvalue weighted by Gasteiger charge is -2.67. The molecule has 3 aliphatic carbocycles. The Morgan fingerprint density at radius 1 is 0.818 bits per heavy atom. The number of aliphatic hydroxyl groups excluding tert-OH is 1. The third kappa shape index (κ3) is 2.13. The largest absolute Gasteiger partial charge is 0.396 e. The van der Waals surface area contributed by atoms with Gasteiger partial charge in [0.2, 0.25) is 0 Å². The second kappa shape index (κ2) is 4.96. The van der Waals surface area contributed by atoms with Crippen LogP contribution in [0.4, 0.5) is 0 Å². The van der Waals surface area contributed by atoms with E-state index in [9.17, 15) is 10.2 Å². The molecule has 128 valence electrons. The maximum atomic E-state index is 10.9. The first kappa shape index (κ1) is 16.8. The van der Waals surface area contributed by atoms with Gasteiger partial charge in [0.25, 0.3) is 0 Å². The third-order valence-electron chi connectivity index (χ3n) is 8.51. The molecule has 0 aromatic carbocycles. The van der Waals surface area contributed by atoms with E-state index in [4.69, 9.17) is 0 Å². The summed E-state index contributed by atoms with van der Waals surface area (Å²) in [6, 6.07) is 0. The minimum Gasteiger partial charge on any atom is -0.396 e. The minimum atomic E-state index is -0.701. The fraction of sp³-hybridized carbons (Fsp3) is 1.00. The van der Waals surface area contributed by atoms with Gasteiger partial charge in [-0.1, -0.05) is 34.1 Å². The van der Waals surface area contributed by atoms with E-state index in [1.165, 1.54) is 32.1 Å². The number of hydrogen-bond acceptors (Lipinski definition) is 2. The van der Waals surface area contributed by atoms with Crippen LogP contribution in [0.5, 0.6) is 0 Å².